The third-order valence-electron chi connectivity index (χ3n) is 7.08. The zero-order chi connectivity index (χ0) is 24.6. The van der Waals surface area contributed by atoms with Gasteiger partial charge in [0.15, 0.2) is 5.82 Å². The normalized spacial score (nSPS) is 20.6. The maximum atomic E-state index is 12.8. The van der Waals surface area contributed by atoms with E-state index in [1.54, 1.807) is 4.90 Å². The summed E-state index contributed by atoms with van der Waals surface area (Å²) >= 11 is 6.55. The lowest BCUT2D eigenvalue weighted by atomic mass is 9.73. The van der Waals surface area contributed by atoms with Crippen LogP contribution in [0.2, 0.25) is 5.02 Å². The maximum Gasteiger partial charge on any atom is 0.344 e. The summed E-state index contributed by atoms with van der Waals surface area (Å²) in [6.45, 7) is 7.21. The van der Waals surface area contributed by atoms with Crippen LogP contribution in [0.15, 0.2) is 30.5 Å². The third-order valence-corrected chi connectivity index (χ3v) is 7.98. The summed E-state index contributed by atoms with van der Waals surface area (Å²) in [6, 6.07) is 7.47. The molecule has 10 nitrogen and oxygen atoms in total. The molecule has 3 aliphatic rings. The van der Waals surface area contributed by atoms with Gasteiger partial charge in [0.2, 0.25) is 10.0 Å². The number of nitrogens with one attached hydrogen (secondary N) is 1. The second kappa shape index (κ2) is 9.61. The molecule has 1 aromatic heterocycles. The predicted molar refractivity (Wildman–Crippen MR) is 134 cm³/mol. The number of nitrogens with zero attached hydrogens (tertiary/aromatic N) is 5. The molecule has 5 rings (SSSR count). The number of piperazine rings is 1. The van der Waals surface area contributed by atoms with Gasteiger partial charge < -0.3 is 14.5 Å². The summed E-state index contributed by atoms with van der Waals surface area (Å²) in [6.07, 6.45) is 4.76. The summed E-state index contributed by atoms with van der Waals surface area (Å²) in [4.78, 5) is 19.2. The van der Waals surface area contributed by atoms with Crippen molar-refractivity contribution in [2.75, 3.05) is 68.4 Å². The van der Waals surface area contributed by atoms with E-state index >= 15 is 0 Å². The fraction of sp³-hybridized carbons (Fsp3) is 0.565. The highest BCUT2D eigenvalue weighted by atomic mass is 35.5. The molecular weight excluding hydrogens is 492 g/mol. The first kappa shape index (κ1) is 24.4. The van der Waals surface area contributed by atoms with Gasteiger partial charge in [-0.05, 0) is 30.5 Å². The molecule has 3 fully saturated rings. The van der Waals surface area contributed by atoms with Crippen LogP contribution in [0.4, 0.5) is 16.3 Å². The fourth-order valence-electron chi connectivity index (χ4n) is 5.13. The van der Waals surface area contributed by atoms with Gasteiger partial charge >= 0.3 is 6.03 Å². The number of rotatable bonds is 5. The van der Waals surface area contributed by atoms with Gasteiger partial charge in [0, 0.05) is 76.7 Å². The van der Waals surface area contributed by atoms with E-state index in [9.17, 15) is 13.2 Å². The van der Waals surface area contributed by atoms with Crippen LogP contribution < -0.4 is 9.62 Å². The number of sulfonamides is 1. The van der Waals surface area contributed by atoms with Crippen molar-refractivity contribution in [3.05, 3.63) is 41.0 Å². The molecule has 190 valence electrons. The van der Waals surface area contributed by atoms with E-state index in [1.165, 1.54) is 22.5 Å². The van der Waals surface area contributed by atoms with Crippen LogP contribution in [0, 0.1) is 5.41 Å². The number of ether oxygens (including phenoxy) is 1. The molecule has 1 aromatic carbocycles. The quantitative estimate of drug-likeness (QED) is 0.643. The number of carbonyl (C=O) groups excluding carboxylic acids is 1. The Morgan fingerprint density at radius 1 is 1.14 bits per heavy atom. The Bertz CT molecular complexity index is 1180. The molecule has 2 aromatic rings. The fourth-order valence-corrected chi connectivity index (χ4v) is 5.85. The zero-order valence-electron chi connectivity index (χ0n) is 19.8. The molecular formula is C23H31ClN6O4S. The molecule has 0 radical (unpaired) electrons. The number of carbonyl (C=O) groups is 1. The van der Waals surface area contributed by atoms with Crippen molar-refractivity contribution in [3.8, 4) is 0 Å². The zero-order valence-corrected chi connectivity index (χ0v) is 21.4. The number of aromatic nitrogens is 2. The SMILES string of the molecule is CS(=O)(=O)Nc1ccn(C(=O)N2CCN(Cc3ccc(Cl)c(N4CC5(CCOCC5)C4)c3)CC2)n1. The summed E-state index contributed by atoms with van der Waals surface area (Å²) in [5.74, 6) is 0.128. The van der Waals surface area contributed by atoms with E-state index in [0.29, 0.717) is 18.5 Å². The Morgan fingerprint density at radius 2 is 1.86 bits per heavy atom. The van der Waals surface area contributed by atoms with Gasteiger partial charge in [0.05, 0.1) is 17.0 Å². The number of halogens is 1. The van der Waals surface area contributed by atoms with E-state index in [-0.39, 0.29) is 11.8 Å². The Hall–Kier alpha value is -2.34. The molecule has 3 saturated heterocycles. The first-order valence-corrected chi connectivity index (χ1v) is 14.1. The molecule has 1 N–H and O–H groups in total. The summed E-state index contributed by atoms with van der Waals surface area (Å²) in [5, 5.41) is 4.82. The molecule has 12 heteroatoms. The molecule has 35 heavy (non-hydrogen) atoms. The summed E-state index contributed by atoms with van der Waals surface area (Å²) in [5.41, 5.74) is 2.70. The minimum Gasteiger partial charge on any atom is -0.381 e. The topological polar surface area (TPSA) is 100 Å². The molecule has 0 aliphatic carbocycles. The second-order valence-corrected chi connectivity index (χ2v) is 12.0. The van der Waals surface area contributed by atoms with Crippen molar-refractivity contribution < 1.29 is 17.9 Å². The van der Waals surface area contributed by atoms with E-state index in [2.05, 4.69) is 31.8 Å². The predicted octanol–water partition coefficient (Wildman–Crippen LogP) is 2.31. The summed E-state index contributed by atoms with van der Waals surface area (Å²) < 4.78 is 31.7. The average Bonchev–Trinajstić information content (AvgIpc) is 3.26. The lowest BCUT2D eigenvalue weighted by molar-refractivity contribution is -0.000193. The number of benzene rings is 1. The van der Waals surface area contributed by atoms with E-state index < -0.39 is 10.0 Å². The minimum absolute atomic E-state index is 0.128. The van der Waals surface area contributed by atoms with Crippen LogP contribution in [-0.4, -0.2) is 92.8 Å². The Kier molecular flexibility index (Phi) is 6.69. The molecule has 1 spiro atoms. The lowest BCUT2D eigenvalue weighted by Gasteiger charge is -2.53. The van der Waals surface area contributed by atoms with Crippen molar-refractivity contribution in [1.29, 1.82) is 0 Å². The standard InChI is InChI=1S/C23H31ClN6O4S/c1-35(32,33)26-21-4-7-30(25-21)22(31)28-10-8-27(9-11-28)15-18-2-3-19(24)20(14-18)29-16-23(17-29)5-12-34-13-6-23/h2-4,7,14H,5-6,8-13,15-17H2,1H3,(H,25,26). The molecule has 0 atom stereocenters. The van der Waals surface area contributed by atoms with Gasteiger partial charge in [-0.1, -0.05) is 17.7 Å². The smallest absolute Gasteiger partial charge is 0.344 e. The highest BCUT2D eigenvalue weighted by Gasteiger charge is 2.44. The molecule has 3 aliphatic heterocycles. The van der Waals surface area contributed by atoms with Crippen LogP contribution in [-0.2, 0) is 21.3 Å². The van der Waals surface area contributed by atoms with E-state index in [0.717, 1.165) is 75.7 Å². The number of anilines is 2. The lowest BCUT2D eigenvalue weighted by Crippen LogP contribution is -2.58. The second-order valence-electron chi connectivity index (χ2n) is 9.82. The van der Waals surface area contributed by atoms with Crippen LogP contribution >= 0.6 is 11.6 Å². The monoisotopic (exact) mass is 522 g/mol. The highest BCUT2D eigenvalue weighted by Crippen LogP contribution is 2.44. The van der Waals surface area contributed by atoms with Gasteiger partial charge in [-0.25, -0.2) is 13.2 Å². The number of hydrogen-bond acceptors (Lipinski definition) is 7. The van der Waals surface area contributed by atoms with Gasteiger partial charge in [-0.15, -0.1) is 5.10 Å². The van der Waals surface area contributed by atoms with Crippen LogP contribution in [0.5, 0.6) is 0 Å². The third kappa shape index (κ3) is 5.58. The average molecular weight is 523 g/mol. The van der Waals surface area contributed by atoms with Gasteiger partial charge in [-0.3, -0.25) is 9.62 Å². The van der Waals surface area contributed by atoms with Crippen molar-refractivity contribution in [3.63, 3.8) is 0 Å². The number of amides is 1. The van der Waals surface area contributed by atoms with Crippen LogP contribution in [0.3, 0.4) is 0 Å². The van der Waals surface area contributed by atoms with Gasteiger partial charge in [0.25, 0.3) is 0 Å². The first-order chi connectivity index (χ1) is 16.7. The maximum absolute atomic E-state index is 12.8. The van der Waals surface area contributed by atoms with E-state index in [4.69, 9.17) is 16.3 Å². The first-order valence-electron chi connectivity index (χ1n) is 11.9. The van der Waals surface area contributed by atoms with Crippen molar-refractivity contribution in [2.24, 2.45) is 5.41 Å². The van der Waals surface area contributed by atoms with Gasteiger partial charge in [0.1, 0.15) is 0 Å². The molecule has 0 saturated carbocycles. The minimum atomic E-state index is -3.44. The van der Waals surface area contributed by atoms with Crippen molar-refractivity contribution in [2.45, 2.75) is 19.4 Å². The van der Waals surface area contributed by atoms with Crippen LogP contribution in [0.25, 0.3) is 0 Å². The molecule has 0 unspecified atom stereocenters. The van der Waals surface area contributed by atoms with E-state index in [1.807, 2.05) is 6.07 Å². The van der Waals surface area contributed by atoms with Crippen LogP contribution in [0.1, 0.15) is 18.4 Å². The largest absolute Gasteiger partial charge is 0.381 e. The molecule has 4 heterocycles. The molecule has 0 bridgehead atoms. The van der Waals surface area contributed by atoms with Crippen molar-refractivity contribution in [1.82, 2.24) is 19.6 Å². The van der Waals surface area contributed by atoms with Crippen molar-refractivity contribution >= 4 is 39.2 Å². The molecule has 1 amide bonds. The Labute approximate surface area is 210 Å². The highest BCUT2D eigenvalue weighted by molar-refractivity contribution is 7.92. The van der Waals surface area contributed by atoms with Gasteiger partial charge in [-0.2, -0.15) is 4.68 Å². The Morgan fingerprint density at radius 3 is 2.54 bits per heavy atom. The number of hydrogen-bond donors (Lipinski definition) is 1. The summed E-state index contributed by atoms with van der Waals surface area (Å²) in [7, 11) is -3.44. The Balaban J connectivity index is 1.14.